The summed E-state index contributed by atoms with van der Waals surface area (Å²) in [4.78, 5) is 2.30. The lowest BCUT2D eigenvalue weighted by Crippen LogP contribution is -2.52. The van der Waals surface area contributed by atoms with E-state index in [1.807, 2.05) is 0 Å². The van der Waals surface area contributed by atoms with Crippen molar-refractivity contribution in [2.75, 3.05) is 39.9 Å². The number of hydrogen-bond donors (Lipinski definition) is 2. The van der Waals surface area contributed by atoms with Crippen molar-refractivity contribution in [2.24, 2.45) is 0 Å². The Kier molecular flexibility index (Phi) is 5.69. The summed E-state index contributed by atoms with van der Waals surface area (Å²) >= 11 is 0. The molecule has 1 atom stereocenters. The highest BCUT2D eigenvalue weighted by atomic mass is 16.5. The minimum absolute atomic E-state index is 0.369. The third-order valence-electron chi connectivity index (χ3n) is 3.47. The average Bonchev–Trinajstić information content (AvgIpc) is 2.27. The molecular weight excluding hydrogens is 204 g/mol. The van der Waals surface area contributed by atoms with E-state index in [1.54, 1.807) is 7.11 Å². The Hall–Kier alpha value is -0.160. The largest absolute Gasteiger partial charge is 0.388 e. The standard InChI is InChI=1S/C12H26N2O2/c1-4-14(11(2)9-16-3)10-12(15)5-7-13-8-6-12/h11,13,15H,4-10H2,1-3H3. The van der Waals surface area contributed by atoms with Crippen molar-refractivity contribution in [1.82, 2.24) is 10.2 Å². The molecule has 0 aromatic carbocycles. The van der Waals surface area contributed by atoms with E-state index in [4.69, 9.17) is 4.74 Å². The van der Waals surface area contributed by atoms with Gasteiger partial charge >= 0.3 is 0 Å². The molecule has 4 heteroatoms. The van der Waals surface area contributed by atoms with Crippen molar-refractivity contribution in [1.29, 1.82) is 0 Å². The molecule has 1 aliphatic rings. The number of piperidine rings is 1. The molecular formula is C12H26N2O2. The number of nitrogens with zero attached hydrogens (tertiary/aromatic N) is 1. The molecule has 0 amide bonds. The molecule has 0 radical (unpaired) electrons. The number of nitrogens with one attached hydrogen (secondary N) is 1. The maximum Gasteiger partial charge on any atom is 0.0798 e. The molecule has 0 aromatic rings. The van der Waals surface area contributed by atoms with Gasteiger partial charge in [-0.25, -0.2) is 0 Å². The monoisotopic (exact) mass is 230 g/mol. The van der Waals surface area contributed by atoms with Gasteiger partial charge < -0.3 is 15.2 Å². The number of aliphatic hydroxyl groups is 1. The number of methoxy groups -OCH3 is 1. The van der Waals surface area contributed by atoms with E-state index in [0.717, 1.165) is 45.6 Å². The zero-order valence-corrected chi connectivity index (χ0v) is 10.8. The molecule has 1 unspecified atom stereocenters. The van der Waals surface area contributed by atoms with E-state index in [2.05, 4.69) is 24.1 Å². The van der Waals surface area contributed by atoms with E-state index in [0.29, 0.717) is 6.04 Å². The SMILES string of the molecule is CCN(CC1(O)CCNCC1)C(C)COC. The van der Waals surface area contributed by atoms with Gasteiger partial charge in [0.15, 0.2) is 0 Å². The van der Waals surface area contributed by atoms with Gasteiger partial charge in [-0.15, -0.1) is 0 Å². The van der Waals surface area contributed by atoms with Crippen LogP contribution in [-0.4, -0.2) is 61.5 Å². The smallest absolute Gasteiger partial charge is 0.0798 e. The fraction of sp³-hybridized carbons (Fsp3) is 1.00. The van der Waals surface area contributed by atoms with Gasteiger partial charge in [0.2, 0.25) is 0 Å². The maximum atomic E-state index is 10.5. The molecule has 1 heterocycles. The predicted molar refractivity (Wildman–Crippen MR) is 65.6 cm³/mol. The lowest BCUT2D eigenvalue weighted by Gasteiger charge is -2.39. The van der Waals surface area contributed by atoms with Gasteiger partial charge in [0, 0.05) is 19.7 Å². The van der Waals surface area contributed by atoms with E-state index in [1.165, 1.54) is 0 Å². The van der Waals surface area contributed by atoms with Crippen LogP contribution in [0.1, 0.15) is 26.7 Å². The van der Waals surface area contributed by atoms with Crippen LogP contribution in [0.3, 0.4) is 0 Å². The topological polar surface area (TPSA) is 44.7 Å². The molecule has 16 heavy (non-hydrogen) atoms. The second kappa shape index (κ2) is 6.55. The van der Waals surface area contributed by atoms with Crippen LogP contribution < -0.4 is 5.32 Å². The minimum Gasteiger partial charge on any atom is -0.388 e. The van der Waals surface area contributed by atoms with Crippen molar-refractivity contribution in [3.8, 4) is 0 Å². The third-order valence-corrected chi connectivity index (χ3v) is 3.47. The summed E-state index contributed by atoms with van der Waals surface area (Å²) in [6.07, 6.45) is 1.70. The van der Waals surface area contributed by atoms with Crippen LogP contribution in [0.25, 0.3) is 0 Å². The van der Waals surface area contributed by atoms with Crippen LogP contribution in [0, 0.1) is 0 Å². The molecule has 0 saturated carbocycles. The first-order valence-corrected chi connectivity index (χ1v) is 6.27. The van der Waals surface area contributed by atoms with Crippen molar-refractivity contribution in [2.45, 2.75) is 38.3 Å². The number of likely N-dealkylation sites (N-methyl/N-ethyl adjacent to an activating group) is 1. The molecule has 1 fully saturated rings. The second-order valence-corrected chi connectivity index (χ2v) is 4.84. The summed E-state index contributed by atoms with van der Waals surface area (Å²) in [5.41, 5.74) is -0.511. The van der Waals surface area contributed by atoms with E-state index in [-0.39, 0.29) is 0 Å². The van der Waals surface area contributed by atoms with Gasteiger partial charge in [0.1, 0.15) is 0 Å². The molecule has 1 aliphatic heterocycles. The molecule has 96 valence electrons. The van der Waals surface area contributed by atoms with Crippen molar-refractivity contribution < 1.29 is 9.84 Å². The summed E-state index contributed by atoms with van der Waals surface area (Å²) < 4.78 is 5.17. The Morgan fingerprint density at radius 2 is 2.06 bits per heavy atom. The quantitative estimate of drug-likeness (QED) is 0.696. The van der Waals surface area contributed by atoms with Gasteiger partial charge in [0.25, 0.3) is 0 Å². The Morgan fingerprint density at radius 3 is 2.56 bits per heavy atom. The first kappa shape index (κ1) is 13.9. The zero-order chi connectivity index (χ0) is 12.0. The highest BCUT2D eigenvalue weighted by Gasteiger charge is 2.32. The normalized spacial score (nSPS) is 22.3. The van der Waals surface area contributed by atoms with Gasteiger partial charge in [-0.2, -0.15) is 0 Å². The van der Waals surface area contributed by atoms with Crippen LogP contribution in [0.5, 0.6) is 0 Å². The zero-order valence-electron chi connectivity index (χ0n) is 10.8. The van der Waals surface area contributed by atoms with Crippen LogP contribution >= 0.6 is 0 Å². The maximum absolute atomic E-state index is 10.5. The number of rotatable bonds is 6. The molecule has 0 aromatic heterocycles. The van der Waals surface area contributed by atoms with Crippen LogP contribution in [0.15, 0.2) is 0 Å². The Labute approximate surface area is 99.0 Å². The predicted octanol–water partition coefficient (Wildman–Crippen LogP) is 0.458. The van der Waals surface area contributed by atoms with E-state index in [9.17, 15) is 5.11 Å². The lowest BCUT2D eigenvalue weighted by molar-refractivity contribution is -0.0354. The first-order chi connectivity index (χ1) is 7.61. The van der Waals surface area contributed by atoms with Gasteiger partial charge in [-0.1, -0.05) is 6.92 Å². The summed E-state index contributed by atoms with van der Waals surface area (Å²) in [7, 11) is 1.73. The van der Waals surface area contributed by atoms with Crippen LogP contribution in [0.2, 0.25) is 0 Å². The fourth-order valence-corrected chi connectivity index (χ4v) is 2.35. The second-order valence-electron chi connectivity index (χ2n) is 4.84. The molecule has 0 aliphatic carbocycles. The minimum atomic E-state index is -0.511. The van der Waals surface area contributed by atoms with E-state index < -0.39 is 5.60 Å². The molecule has 2 N–H and O–H groups in total. The van der Waals surface area contributed by atoms with Gasteiger partial charge in [-0.05, 0) is 39.4 Å². The Balaban J connectivity index is 2.47. The molecule has 1 saturated heterocycles. The van der Waals surface area contributed by atoms with Crippen LogP contribution in [0.4, 0.5) is 0 Å². The highest BCUT2D eigenvalue weighted by molar-refractivity contribution is 4.88. The van der Waals surface area contributed by atoms with Crippen molar-refractivity contribution in [3.63, 3.8) is 0 Å². The summed E-state index contributed by atoms with van der Waals surface area (Å²) in [5, 5.41) is 13.7. The summed E-state index contributed by atoms with van der Waals surface area (Å²) in [5.74, 6) is 0. The average molecular weight is 230 g/mol. The molecule has 4 nitrogen and oxygen atoms in total. The third kappa shape index (κ3) is 4.01. The highest BCUT2D eigenvalue weighted by Crippen LogP contribution is 2.20. The summed E-state index contributed by atoms with van der Waals surface area (Å²) in [6, 6.07) is 0.369. The number of hydrogen-bond acceptors (Lipinski definition) is 4. The number of ether oxygens (including phenoxy) is 1. The molecule has 1 rings (SSSR count). The van der Waals surface area contributed by atoms with Crippen molar-refractivity contribution >= 4 is 0 Å². The lowest BCUT2D eigenvalue weighted by atomic mass is 9.91. The van der Waals surface area contributed by atoms with Crippen molar-refractivity contribution in [3.05, 3.63) is 0 Å². The summed E-state index contributed by atoms with van der Waals surface area (Å²) in [6.45, 7) is 8.58. The molecule has 0 bridgehead atoms. The fourth-order valence-electron chi connectivity index (χ4n) is 2.35. The Bertz CT molecular complexity index is 193. The Morgan fingerprint density at radius 1 is 1.44 bits per heavy atom. The van der Waals surface area contributed by atoms with E-state index >= 15 is 0 Å². The van der Waals surface area contributed by atoms with Crippen LogP contribution in [-0.2, 0) is 4.74 Å². The van der Waals surface area contributed by atoms with Gasteiger partial charge in [-0.3, -0.25) is 4.90 Å². The first-order valence-electron chi connectivity index (χ1n) is 6.27. The van der Waals surface area contributed by atoms with Gasteiger partial charge in [0.05, 0.1) is 12.2 Å². The molecule has 0 spiro atoms.